The molecule has 0 radical (unpaired) electrons. The molecule has 1 fully saturated rings. The van der Waals surface area contributed by atoms with Crippen molar-refractivity contribution in [1.82, 2.24) is 29.6 Å². The van der Waals surface area contributed by atoms with Crippen LogP contribution in [0.5, 0.6) is 0 Å². The van der Waals surface area contributed by atoms with Crippen LogP contribution in [0.1, 0.15) is 67.1 Å². The lowest BCUT2D eigenvalue weighted by molar-refractivity contribution is 0.0579. The van der Waals surface area contributed by atoms with Crippen LogP contribution < -0.4 is 0 Å². The Morgan fingerprint density at radius 3 is 2.79 bits per heavy atom. The Labute approximate surface area is 170 Å². The van der Waals surface area contributed by atoms with E-state index in [-0.39, 0.29) is 11.9 Å². The SMILES string of the molecule is CC(C)C[C@H]1c2nc(C3CC3)nn2CCN1C(=O)c1ccccc1-c1ncc[nH]1. The summed E-state index contributed by atoms with van der Waals surface area (Å²) in [5, 5.41) is 4.75. The number of rotatable bonds is 5. The number of hydrogen-bond donors (Lipinski definition) is 1. The Hall–Kier alpha value is -2.96. The van der Waals surface area contributed by atoms with Crippen molar-refractivity contribution >= 4 is 5.91 Å². The van der Waals surface area contributed by atoms with E-state index >= 15 is 0 Å². The molecule has 1 aliphatic carbocycles. The third kappa shape index (κ3) is 3.34. The maximum absolute atomic E-state index is 13.7. The molecule has 1 N–H and O–H groups in total. The molecule has 1 aliphatic heterocycles. The van der Waals surface area contributed by atoms with Crippen molar-refractivity contribution in [2.75, 3.05) is 6.54 Å². The van der Waals surface area contributed by atoms with Crippen LogP contribution in [0.2, 0.25) is 0 Å². The average molecular weight is 390 g/mol. The highest BCUT2D eigenvalue weighted by molar-refractivity contribution is 6.00. The highest BCUT2D eigenvalue weighted by Crippen LogP contribution is 2.40. The number of carbonyl (C=O) groups is 1. The Kier molecular flexibility index (Phi) is 4.45. The zero-order valence-electron chi connectivity index (χ0n) is 16.9. The fourth-order valence-electron chi connectivity index (χ4n) is 4.16. The van der Waals surface area contributed by atoms with Gasteiger partial charge in [0.05, 0.1) is 18.2 Å². The molecule has 29 heavy (non-hydrogen) atoms. The van der Waals surface area contributed by atoms with Gasteiger partial charge in [-0.3, -0.25) is 4.79 Å². The number of fused-ring (bicyclic) bond motifs is 1. The number of nitrogens with zero attached hydrogens (tertiary/aromatic N) is 5. The fraction of sp³-hybridized carbons (Fsp3) is 0.455. The summed E-state index contributed by atoms with van der Waals surface area (Å²) in [4.78, 5) is 28.1. The summed E-state index contributed by atoms with van der Waals surface area (Å²) in [6, 6.07) is 7.63. The van der Waals surface area contributed by atoms with Gasteiger partial charge in [-0.25, -0.2) is 14.6 Å². The number of nitrogens with one attached hydrogen (secondary N) is 1. The first-order valence-electron chi connectivity index (χ1n) is 10.5. The van der Waals surface area contributed by atoms with Crippen LogP contribution >= 0.6 is 0 Å². The van der Waals surface area contributed by atoms with Crippen molar-refractivity contribution in [3.8, 4) is 11.4 Å². The maximum Gasteiger partial charge on any atom is 0.255 e. The van der Waals surface area contributed by atoms with Crippen molar-refractivity contribution in [3.05, 3.63) is 53.9 Å². The summed E-state index contributed by atoms with van der Waals surface area (Å²) < 4.78 is 2.03. The van der Waals surface area contributed by atoms with Crippen molar-refractivity contribution in [2.45, 2.75) is 51.6 Å². The van der Waals surface area contributed by atoms with E-state index in [4.69, 9.17) is 10.1 Å². The minimum Gasteiger partial charge on any atom is -0.345 e. The molecule has 5 rings (SSSR count). The Bertz CT molecular complexity index is 1020. The summed E-state index contributed by atoms with van der Waals surface area (Å²) in [6.07, 6.45) is 6.72. The number of aromatic nitrogens is 5. The van der Waals surface area contributed by atoms with Gasteiger partial charge >= 0.3 is 0 Å². The average Bonchev–Trinajstić information content (AvgIpc) is 3.25. The van der Waals surface area contributed by atoms with Gasteiger partial charge in [0, 0.05) is 30.4 Å². The fourth-order valence-corrected chi connectivity index (χ4v) is 4.16. The lowest BCUT2D eigenvalue weighted by atomic mass is 9.98. The number of carbonyl (C=O) groups excluding carboxylic acids is 1. The van der Waals surface area contributed by atoms with Gasteiger partial charge in [-0.1, -0.05) is 32.0 Å². The molecule has 0 unspecified atom stereocenters. The van der Waals surface area contributed by atoms with Gasteiger partial charge in [0.2, 0.25) is 0 Å². The van der Waals surface area contributed by atoms with Crippen LogP contribution in [0.25, 0.3) is 11.4 Å². The van der Waals surface area contributed by atoms with Gasteiger partial charge in [-0.05, 0) is 31.2 Å². The van der Waals surface area contributed by atoms with Gasteiger partial charge in [-0.15, -0.1) is 0 Å². The number of amides is 1. The molecule has 7 heteroatoms. The monoisotopic (exact) mass is 390 g/mol. The highest BCUT2D eigenvalue weighted by Gasteiger charge is 2.37. The quantitative estimate of drug-likeness (QED) is 0.719. The Balaban J connectivity index is 1.52. The van der Waals surface area contributed by atoms with Gasteiger partial charge in [0.15, 0.2) is 5.82 Å². The summed E-state index contributed by atoms with van der Waals surface area (Å²) in [5.74, 6) is 3.60. The summed E-state index contributed by atoms with van der Waals surface area (Å²) >= 11 is 0. The Morgan fingerprint density at radius 1 is 1.24 bits per heavy atom. The molecule has 0 saturated heterocycles. The van der Waals surface area contributed by atoms with E-state index in [1.54, 1.807) is 12.4 Å². The molecule has 2 aliphatic rings. The van der Waals surface area contributed by atoms with Gasteiger partial charge in [-0.2, -0.15) is 5.10 Å². The first kappa shape index (κ1) is 18.1. The number of aromatic amines is 1. The second-order valence-electron chi connectivity index (χ2n) is 8.45. The van der Waals surface area contributed by atoms with Gasteiger partial charge in [0.1, 0.15) is 11.6 Å². The maximum atomic E-state index is 13.7. The summed E-state index contributed by atoms with van der Waals surface area (Å²) in [7, 11) is 0. The minimum absolute atomic E-state index is 0.0323. The smallest absolute Gasteiger partial charge is 0.255 e. The third-order valence-corrected chi connectivity index (χ3v) is 5.75. The van der Waals surface area contributed by atoms with E-state index < -0.39 is 0 Å². The van der Waals surface area contributed by atoms with Crippen molar-refractivity contribution in [2.24, 2.45) is 5.92 Å². The molecule has 0 spiro atoms. The minimum atomic E-state index is -0.0547. The lowest BCUT2D eigenvalue weighted by Gasteiger charge is -2.36. The van der Waals surface area contributed by atoms with Crippen LogP contribution in [0.15, 0.2) is 36.7 Å². The second-order valence-corrected chi connectivity index (χ2v) is 8.45. The molecule has 150 valence electrons. The van der Waals surface area contributed by atoms with Crippen LogP contribution in [-0.2, 0) is 6.54 Å². The highest BCUT2D eigenvalue weighted by atomic mass is 16.2. The van der Waals surface area contributed by atoms with E-state index in [0.717, 1.165) is 23.6 Å². The Morgan fingerprint density at radius 2 is 2.07 bits per heavy atom. The molecule has 3 heterocycles. The van der Waals surface area contributed by atoms with Crippen molar-refractivity contribution in [3.63, 3.8) is 0 Å². The lowest BCUT2D eigenvalue weighted by Crippen LogP contribution is -2.43. The van der Waals surface area contributed by atoms with E-state index in [2.05, 4.69) is 23.8 Å². The summed E-state index contributed by atoms with van der Waals surface area (Å²) in [5.41, 5.74) is 1.50. The first-order valence-corrected chi connectivity index (χ1v) is 10.5. The molecule has 1 aromatic carbocycles. The predicted molar refractivity (Wildman–Crippen MR) is 109 cm³/mol. The summed E-state index contributed by atoms with van der Waals surface area (Å²) in [6.45, 7) is 5.72. The molecule has 7 nitrogen and oxygen atoms in total. The van der Waals surface area contributed by atoms with E-state index in [9.17, 15) is 4.79 Å². The third-order valence-electron chi connectivity index (χ3n) is 5.75. The predicted octanol–water partition coefficient (Wildman–Crippen LogP) is 3.79. The number of hydrogen-bond acceptors (Lipinski definition) is 4. The van der Waals surface area contributed by atoms with Crippen molar-refractivity contribution in [1.29, 1.82) is 0 Å². The van der Waals surface area contributed by atoms with Crippen LogP contribution in [0.4, 0.5) is 0 Å². The van der Waals surface area contributed by atoms with Gasteiger partial charge < -0.3 is 9.88 Å². The standard InChI is InChI=1S/C22H26N6O/c1-14(2)13-18-21-25-19(15-7-8-15)26-28(21)12-11-27(18)22(29)17-6-4-3-5-16(17)20-23-9-10-24-20/h3-6,9-10,14-15,18H,7-8,11-13H2,1-2H3,(H,23,24)/t18-/m0/s1. The molecule has 0 bridgehead atoms. The number of H-pyrrole nitrogens is 1. The van der Waals surface area contributed by atoms with Crippen molar-refractivity contribution < 1.29 is 4.79 Å². The normalized spacial score (nSPS) is 18.9. The van der Waals surface area contributed by atoms with Crippen LogP contribution in [0, 0.1) is 5.92 Å². The topological polar surface area (TPSA) is 79.7 Å². The van der Waals surface area contributed by atoms with E-state index in [1.807, 2.05) is 33.8 Å². The molecule has 1 amide bonds. The first-order chi connectivity index (χ1) is 14.1. The molecule has 3 aromatic rings. The number of imidazole rings is 1. The molecular weight excluding hydrogens is 364 g/mol. The molecule has 2 aromatic heterocycles. The van der Waals surface area contributed by atoms with E-state index in [1.165, 1.54) is 12.8 Å². The zero-order chi connectivity index (χ0) is 20.0. The second kappa shape index (κ2) is 7.13. The van der Waals surface area contributed by atoms with Crippen LogP contribution in [0.3, 0.4) is 0 Å². The molecular formula is C22H26N6O. The molecule has 1 saturated carbocycles. The molecule has 1 atom stereocenters. The van der Waals surface area contributed by atoms with Gasteiger partial charge in [0.25, 0.3) is 5.91 Å². The number of benzene rings is 1. The zero-order valence-corrected chi connectivity index (χ0v) is 16.9. The largest absolute Gasteiger partial charge is 0.345 e. The van der Waals surface area contributed by atoms with Crippen LogP contribution in [-0.4, -0.2) is 42.1 Å². The van der Waals surface area contributed by atoms with E-state index in [0.29, 0.717) is 36.3 Å².